The Hall–Kier alpha value is -1.33. The molecule has 16 heavy (non-hydrogen) atoms. The molecule has 0 fully saturated rings. The third-order valence-electron chi connectivity index (χ3n) is 0.222. The van der Waals surface area contributed by atoms with Crippen molar-refractivity contribution in [2.24, 2.45) is 0 Å². The predicted octanol–water partition coefficient (Wildman–Crippen LogP) is -5.80. The Morgan fingerprint density at radius 1 is 0.625 bits per heavy atom. The molecule has 0 aliphatic rings. The summed E-state index contributed by atoms with van der Waals surface area (Å²) in [6.45, 7) is 0. The molecule has 0 aromatic heterocycles. The van der Waals surface area contributed by atoms with Gasteiger partial charge in [0.1, 0.15) is 0 Å². The molecular weight excluding hydrogens is 228 g/mol. The van der Waals surface area contributed by atoms with Gasteiger partial charge in [-0.15, -0.1) is 0 Å². The minimum absolute atomic E-state index is 0. The van der Waals surface area contributed by atoms with Crippen molar-refractivity contribution < 1.29 is 49.9 Å². The van der Waals surface area contributed by atoms with E-state index in [1.165, 1.54) is 0 Å². The molecule has 88 valence electrons. The molecular formula is H8B5NO10. The third kappa shape index (κ3) is 241. The molecule has 0 atom stereocenters. The maximum absolute atomic E-state index is 8.95. The van der Waals surface area contributed by atoms with E-state index in [2.05, 4.69) is 16.6 Å². The van der Waals surface area contributed by atoms with Crippen LogP contribution in [0.1, 0.15) is 0 Å². The standard InChI is InChI=1S/2B2O3.BN.4H2O/c2*3-1-5-2-4;1-2;;;;/h;;;4*1H2. The summed E-state index contributed by atoms with van der Waals surface area (Å²) in [7, 11) is 3.75. The van der Waals surface area contributed by atoms with Crippen molar-refractivity contribution in [3.63, 3.8) is 0 Å². The van der Waals surface area contributed by atoms with Crippen molar-refractivity contribution in [2.45, 2.75) is 0 Å². The average molecular weight is 236 g/mol. The van der Waals surface area contributed by atoms with Gasteiger partial charge in [-0.2, -0.15) is 0 Å². The van der Waals surface area contributed by atoms with E-state index in [4.69, 9.17) is 24.0 Å². The van der Waals surface area contributed by atoms with Gasteiger partial charge < -0.3 is 21.9 Å². The van der Waals surface area contributed by atoms with Gasteiger partial charge in [0.2, 0.25) is 0 Å². The van der Waals surface area contributed by atoms with Gasteiger partial charge >= 0.3 is 70.0 Å². The molecule has 0 unspecified atom stereocenters. The summed E-state index contributed by atoms with van der Waals surface area (Å²) in [4.78, 5) is 0. The van der Waals surface area contributed by atoms with Crippen LogP contribution in [0.4, 0.5) is 0 Å². The molecule has 0 aromatic carbocycles. The monoisotopic (exact) mass is 237 g/mol. The fourth-order valence-electron chi connectivity index (χ4n) is 0.0454. The molecule has 16 heteroatoms. The second kappa shape index (κ2) is 101. The zero-order valence-corrected chi connectivity index (χ0v) is 7.78. The summed E-state index contributed by atoms with van der Waals surface area (Å²) in [6, 6.07) is 0. The molecule has 0 aliphatic heterocycles. The van der Waals surface area contributed by atoms with E-state index < -0.39 is 0 Å². The first-order chi connectivity index (χ1) is 5.83. The van der Waals surface area contributed by atoms with Crippen molar-refractivity contribution in [2.75, 3.05) is 0 Å². The van der Waals surface area contributed by atoms with Gasteiger partial charge in [0.05, 0.1) is 0 Å². The van der Waals surface area contributed by atoms with Crippen LogP contribution in [-0.2, 0) is 28.0 Å². The van der Waals surface area contributed by atoms with Crippen molar-refractivity contribution in [1.82, 2.24) is 0 Å². The van der Waals surface area contributed by atoms with Gasteiger partial charge in [-0.1, -0.05) is 0 Å². The molecule has 0 amide bonds. The molecule has 0 rings (SSSR count). The predicted molar refractivity (Wildman–Crippen MR) is 49.9 cm³/mol. The summed E-state index contributed by atoms with van der Waals surface area (Å²) < 4.78 is 42.8. The van der Waals surface area contributed by atoms with E-state index in [1.807, 2.05) is 0 Å². The molecule has 0 spiro atoms. The molecule has 0 heterocycles. The van der Waals surface area contributed by atoms with Crippen LogP contribution in [0, 0.1) is 5.16 Å². The normalized spacial score (nSPS) is 2.81. The number of hydrogen-bond donors (Lipinski definition) is 0. The van der Waals surface area contributed by atoms with E-state index in [-0.39, 0.29) is 51.3 Å². The molecule has 11 nitrogen and oxygen atoms in total. The minimum atomic E-state index is 0. The van der Waals surface area contributed by atoms with Gasteiger partial charge in [0.25, 0.3) is 0 Å². The summed E-state index contributed by atoms with van der Waals surface area (Å²) in [5, 5.41) is 6.50. The van der Waals surface area contributed by atoms with Crippen LogP contribution in [-0.4, -0.2) is 58.8 Å². The first-order valence-corrected chi connectivity index (χ1v) is 2.14. The van der Waals surface area contributed by atoms with E-state index >= 15 is 0 Å². The van der Waals surface area contributed by atoms with E-state index in [0.717, 1.165) is 0 Å². The Kier molecular flexibility index (Phi) is 293. The molecule has 0 aliphatic carbocycles. The SMILES string of the molecule is B#N.O.O.O.O.O=BOB=O.O=BOB=O. The molecule has 0 saturated heterocycles. The Morgan fingerprint density at radius 3 is 0.750 bits per heavy atom. The molecule has 8 N–H and O–H groups in total. The second-order valence-corrected chi connectivity index (χ2v) is 0.657. The van der Waals surface area contributed by atoms with E-state index in [0.29, 0.717) is 0 Å². The van der Waals surface area contributed by atoms with E-state index in [1.54, 1.807) is 0 Å². The van der Waals surface area contributed by atoms with Crippen LogP contribution in [0.15, 0.2) is 0 Å². The van der Waals surface area contributed by atoms with Crippen molar-refractivity contribution in [3.8, 4) is 0 Å². The van der Waals surface area contributed by atoms with Crippen molar-refractivity contribution >= 4 is 36.9 Å². The quantitative estimate of drug-likeness (QED) is 0.427. The molecule has 0 saturated carbocycles. The first-order valence-electron chi connectivity index (χ1n) is 2.14. The van der Waals surface area contributed by atoms with Gasteiger partial charge in [-0.05, 0) is 0 Å². The van der Waals surface area contributed by atoms with Crippen LogP contribution in [0.3, 0.4) is 0 Å². The topological polar surface area (TPSA) is 237 Å². The molecule has 0 bridgehead atoms. The number of nitrogens with zero attached hydrogens (tertiary/aromatic N) is 1. The summed E-state index contributed by atoms with van der Waals surface area (Å²) >= 11 is 0. The summed E-state index contributed by atoms with van der Waals surface area (Å²) in [5.74, 6) is 0. The first kappa shape index (κ1) is 46.6. The van der Waals surface area contributed by atoms with E-state index in [9.17, 15) is 0 Å². The van der Waals surface area contributed by atoms with Gasteiger partial charge in [0.15, 0.2) is 0 Å². The van der Waals surface area contributed by atoms with Crippen LogP contribution < -0.4 is 0 Å². The Bertz CT molecular complexity index is 119. The van der Waals surface area contributed by atoms with Crippen LogP contribution >= 0.6 is 0 Å². The third-order valence-corrected chi connectivity index (χ3v) is 0.222. The Balaban J connectivity index is -0.0000000144. The number of rotatable bonds is 4. The van der Waals surface area contributed by atoms with Crippen LogP contribution in [0.25, 0.3) is 0 Å². The van der Waals surface area contributed by atoms with Gasteiger partial charge in [0, 0.05) is 0 Å². The Labute approximate surface area is 92.9 Å². The molecule has 0 radical (unpaired) electrons. The Morgan fingerprint density at radius 2 is 0.750 bits per heavy atom. The summed E-state index contributed by atoms with van der Waals surface area (Å²) in [6.07, 6.45) is 0. The average Bonchev–Trinajstić information content (AvgIpc) is 2.12. The van der Waals surface area contributed by atoms with Crippen LogP contribution in [0.5, 0.6) is 0 Å². The fraction of sp³-hybridized carbons (Fsp3) is 0. The zero-order chi connectivity index (χ0) is 10.2. The van der Waals surface area contributed by atoms with Crippen LogP contribution in [0.2, 0.25) is 0 Å². The fourth-order valence-corrected chi connectivity index (χ4v) is 0.0454. The maximum atomic E-state index is 8.95. The van der Waals surface area contributed by atoms with Crippen molar-refractivity contribution in [1.29, 1.82) is 5.16 Å². The zero-order valence-electron chi connectivity index (χ0n) is 7.78. The summed E-state index contributed by atoms with van der Waals surface area (Å²) in [5.41, 5.74) is 0. The molecule has 0 aromatic rings. The van der Waals surface area contributed by atoms with Crippen molar-refractivity contribution in [3.05, 3.63) is 0 Å². The number of hydrogen-bond acceptors (Lipinski definition) is 7. The second-order valence-electron chi connectivity index (χ2n) is 0.657. The van der Waals surface area contributed by atoms with Gasteiger partial charge in [-0.25, -0.2) is 0 Å². The van der Waals surface area contributed by atoms with Gasteiger partial charge in [-0.3, -0.25) is 0 Å².